The van der Waals surface area contributed by atoms with Gasteiger partial charge in [0.15, 0.2) is 0 Å². The minimum atomic E-state index is 0. The molecular formula is C2H6ClCoO-. The van der Waals surface area contributed by atoms with Gasteiger partial charge in [-0.05, 0) is 6.92 Å². The fraction of sp³-hybridized carbons (Fsp3) is 1.00. The van der Waals surface area contributed by atoms with Crippen molar-refractivity contribution in [1.82, 2.24) is 0 Å². The zero-order valence-electron chi connectivity index (χ0n) is 2.87. The van der Waals surface area contributed by atoms with E-state index in [0.29, 0.717) is 0 Å². The van der Waals surface area contributed by atoms with Gasteiger partial charge in [0.2, 0.25) is 0 Å². The summed E-state index contributed by atoms with van der Waals surface area (Å²) in [5, 5.41) is 7.57. The molecule has 0 amide bonds. The molecule has 0 spiro atoms. The number of aliphatic hydroxyl groups excluding tert-OH is 1. The van der Waals surface area contributed by atoms with Crippen molar-refractivity contribution in [2.45, 2.75) is 6.92 Å². The Kier molecular flexibility index (Phi) is 74.6. The molecule has 37 valence electrons. The average molecular weight is 140 g/mol. The van der Waals surface area contributed by atoms with E-state index < -0.39 is 0 Å². The number of hydrogen-bond donors (Lipinski definition) is 1. The summed E-state index contributed by atoms with van der Waals surface area (Å²) in [5.74, 6) is 0. The molecule has 0 saturated heterocycles. The van der Waals surface area contributed by atoms with Crippen LogP contribution in [0.25, 0.3) is 0 Å². The van der Waals surface area contributed by atoms with Crippen LogP contribution in [-0.4, -0.2) is 11.7 Å². The number of aliphatic hydroxyl groups is 1. The van der Waals surface area contributed by atoms with E-state index in [2.05, 4.69) is 0 Å². The summed E-state index contributed by atoms with van der Waals surface area (Å²) in [6.07, 6.45) is 0. The van der Waals surface area contributed by atoms with E-state index in [9.17, 15) is 0 Å². The Bertz CT molecular complexity index is 9.61. The second kappa shape index (κ2) is 21.8. The topological polar surface area (TPSA) is 20.2 Å². The van der Waals surface area contributed by atoms with Crippen LogP contribution in [0, 0.1) is 0 Å². The summed E-state index contributed by atoms with van der Waals surface area (Å²) in [4.78, 5) is 0. The van der Waals surface area contributed by atoms with Crippen LogP contribution in [0.5, 0.6) is 0 Å². The molecule has 0 heterocycles. The van der Waals surface area contributed by atoms with Crippen molar-refractivity contribution < 1.29 is 34.3 Å². The normalized spacial score (nSPS) is 3.60. The molecule has 0 fully saturated rings. The third-order valence-electron chi connectivity index (χ3n) is 0. The first kappa shape index (κ1) is 17.1. The minimum absolute atomic E-state index is 0. The maximum atomic E-state index is 7.57. The molecule has 0 aliphatic carbocycles. The molecule has 0 aromatic carbocycles. The Morgan fingerprint density at radius 2 is 1.60 bits per heavy atom. The Labute approximate surface area is 48.4 Å². The van der Waals surface area contributed by atoms with Crippen LogP contribution >= 0.6 is 0 Å². The standard InChI is InChI=1S/C2H6O.ClH.Co/c1-2-3;;/h3H,2H2,1H3;1H;/p-1. The van der Waals surface area contributed by atoms with Crippen LogP contribution in [0.4, 0.5) is 0 Å². The molecule has 1 nitrogen and oxygen atoms in total. The van der Waals surface area contributed by atoms with Crippen molar-refractivity contribution in [2.75, 3.05) is 6.61 Å². The van der Waals surface area contributed by atoms with E-state index in [1.54, 1.807) is 6.92 Å². The molecule has 0 saturated carbocycles. The zero-order valence-corrected chi connectivity index (χ0v) is 4.66. The predicted octanol–water partition coefficient (Wildman–Crippen LogP) is -3.00. The Morgan fingerprint density at radius 3 is 1.60 bits per heavy atom. The predicted molar refractivity (Wildman–Crippen MR) is 12.8 cm³/mol. The van der Waals surface area contributed by atoms with Gasteiger partial charge < -0.3 is 17.5 Å². The van der Waals surface area contributed by atoms with E-state index in [-0.39, 0.29) is 35.8 Å². The molecule has 0 atom stereocenters. The third kappa shape index (κ3) is 63.2. The quantitative estimate of drug-likeness (QED) is 0.380. The Hall–Kier alpha value is 0.756. The van der Waals surface area contributed by atoms with Crippen molar-refractivity contribution in [1.29, 1.82) is 0 Å². The minimum Gasteiger partial charge on any atom is -1.00 e. The summed E-state index contributed by atoms with van der Waals surface area (Å²) in [6.45, 7) is 1.93. The van der Waals surface area contributed by atoms with Crippen molar-refractivity contribution in [2.24, 2.45) is 0 Å². The van der Waals surface area contributed by atoms with Crippen LogP contribution < -0.4 is 12.4 Å². The number of rotatable bonds is 0. The average Bonchev–Trinajstić information content (AvgIpc) is 0.918. The van der Waals surface area contributed by atoms with Gasteiger partial charge in [-0.1, -0.05) is 0 Å². The van der Waals surface area contributed by atoms with Gasteiger partial charge in [-0.2, -0.15) is 0 Å². The second-order valence-electron chi connectivity index (χ2n) is 0.316. The number of halogens is 1. The molecule has 0 bridgehead atoms. The molecule has 1 N–H and O–H groups in total. The summed E-state index contributed by atoms with van der Waals surface area (Å²) in [6, 6.07) is 0. The first-order chi connectivity index (χ1) is 1.41. The van der Waals surface area contributed by atoms with Crippen molar-refractivity contribution in [3.05, 3.63) is 0 Å². The second-order valence-corrected chi connectivity index (χ2v) is 0.316. The van der Waals surface area contributed by atoms with E-state index in [4.69, 9.17) is 5.11 Å². The van der Waals surface area contributed by atoms with Crippen LogP contribution in [0.3, 0.4) is 0 Å². The molecule has 0 aromatic rings. The molecule has 5 heavy (non-hydrogen) atoms. The van der Waals surface area contributed by atoms with Gasteiger partial charge in [0.25, 0.3) is 0 Å². The first-order valence-corrected chi connectivity index (χ1v) is 1.02. The van der Waals surface area contributed by atoms with Gasteiger partial charge in [-0.3, -0.25) is 0 Å². The molecule has 0 unspecified atom stereocenters. The fourth-order valence-corrected chi connectivity index (χ4v) is 0. The molecule has 0 aromatic heterocycles. The molecule has 0 aliphatic heterocycles. The molecule has 1 radical (unpaired) electrons. The molecule has 0 aliphatic rings. The van der Waals surface area contributed by atoms with E-state index in [1.165, 1.54) is 0 Å². The van der Waals surface area contributed by atoms with Gasteiger partial charge in [-0.25, -0.2) is 0 Å². The molecule has 3 heteroatoms. The fourth-order valence-electron chi connectivity index (χ4n) is 0. The maximum Gasteiger partial charge on any atom is 0.0402 e. The van der Waals surface area contributed by atoms with Gasteiger partial charge in [0, 0.05) is 23.4 Å². The van der Waals surface area contributed by atoms with Crippen molar-refractivity contribution in [3.63, 3.8) is 0 Å². The summed E-state index contributed by atoms with van der Waals surface area (Å²) in [7, 11) is 0. The van der Waals surface area contributed by atoms with Gasteiger partial charge in [-0.15, -0.1) is 0 Å². The van der Waals surface area contributed by atoms with Crippen LogP contribution in [0.2, 0.25) is 0 Å². The van der Waals surface area contributed by atoms with Gasteiger partial charge in [0.05, 0.1) is 0 Å². The summed E-state index contributed by atoms with van der Waals surface area (Å²) in [5.41, 5.74) is 0. The Morgan fingerprint density at radius 1 is 1.60 bits per heavy atom. The van der Waals surface area contributed by atoms with E-state index in [1.807, 2.05) is 0 Å². The summed E-state index contributed by atoms with van der Waals surface area (Å²) >= 11 is 0. The SMILES string of the molecule is CCO.[Cl-].[Co]. The van der Waals surface area contributed by atoms with Crippen LogP contribution in [0.15, 0.2) is 0 Å². The third-order valence-corrected chi connectivity index (χ3v) is 0. The van der Waals surface area contributed by atoms with Crippen LogP contribution in [-0.2, 0) is 16.8 Å². The van der Waals surface area contributed by atoms with E-state index >= 15 is 0 Å². The smallest absolute Gasteiger partial charge is 0.0402 e. The monoisotopic (exact) mass is 140 g/mol. The van der Waals surface area contributed by atoms with E-state index in [0.717, 1.165) is 0 Å². The van der Waals surface area contributed by atoms with Crippen molar-refractivity contribution >= 4 is 0 Å². The molecular weight excluding hydrogens is 134 g/mol. The first-order valence-electron chi connectivity index (χ1n) is 1.02. The zero-order chi connectivity index (χ0) is 2.71. The largest absolute Gasteiger partial charge is 1.00 e. The maximum absolute atomic E-state index is 7.57. The number of hydrogen-bond acceptors (Lipinski definition) is 1. The van der Waals surface area contributed by atoms with Gasteiger partial charge >= 0.3 is 0 Å². The Balaban J connectivity index is -0.0000000200. The van der Waals surface area contributed by atoms with Crippen molar-refractivity contribution in [3.8, 4) is 0 Å². The van der Waals surface area contributed by atoms with Gasteiger partial charge in [0.1, 0.15) is 0 Å². The summed E-state index contributed by atoms with van der Waals surface area (Å²) < 4.78 is 0. The molecule has 0 rings (SSSR count). The van der Waals surface area contributed by atoms with Crippen LogP contribution in [0.1, 0.15) is 6.92 Å².